The third-order valence-electron chi connectivity index (χ3n) is 4.73. The van der Waals surface area contributed by atoms with Gasteiger partial charge in [-0.2, -0.15) is 0 Å². The molecule has 2 amide bonds. The predicted octanol–water partition coefficient (Wildman–Crippen LogP) is 1.64. The molecular formula is C18H25N3O2S. The smallest absolute Gasteiger partial charge is 0.254 e. The van der Waals surface area contributed by atoms with Gasteiger partial charge in [0.05, 0.1) is 6.04 Å². The largest absolute Gasteiger partial charge is 0.339 e. The first-order valence-corrected chi connectivity index (χ1v) is 9.68. The fraction of sp³-hybridized carbons (Fsp3) is 0.556. The topological polar surface area (TPSA) is 52.7 Å². The molecule has 1 atom stereocenters. The van der Waals surface area contributed by atoms with Gasteiger partial charge >= 0.3 is 0 Å². The summed E-state index contributed by atoms with van der Waals surface area (Å²) in [7, 11) is 0. The quantitative estimate of drug-likeness (QED) is 0.884. The van der Waals surface area contributed by atoms with E-state index >= 15 is 0 Å². The van der Waals surface area contributed by atoms with Crippen LogP contribution in [0.25, 0.3) is 0 Å². The van der Waals surface area contributed by atoms with Gasteiger partial charge in [-0.25, -0.2) is 0 Å². The second-order valence-corrected chi connectivity index (χ2v) is 7.59. The summed E-state index contributed by atoms with van der Waals surface area (Å²) < 4.78 is 0. The molecule has 0 aromatic heterocycles. The van der Waals surface area contributed by atoms with Crippen LogP contribution < -0.4 is 5.32 Å². The molecule has 2 aliphatic rings. The molecule has 2 heterocycles. The van der Waals surface area contributed by atoms with Crippen LogP contribution >= 0.6 is 11.8 Å². The van der Waals surface area contributed by atoms with Gasteiger partial charge in [-0.15, -0.1) is 11.8 Å². The lowest BCUT2D eigenvalue weighted by atomic mass is 10.0. The standard InChI is InChI=1S/C18H25N3O2S/c1-13-4-5-14(2)15(10-13)17(22)20-6-3-7-21(9-8-20)18(23)16-11-24-12-19-16/h4-5,10,16,19H,3,6-9,11-12H2,1-2H3. The SMILES string of the molecule is Cc1ccc(C)c(C(=O)N2CCCN(C(=O)C3CSCN3)CC2)c1. The van der Waals surface area contributed by atoms with Crippen LogP contribution in [0.15, 0.2) is 18.2 Å². The molecule has 0 aliphatic carbocycles. The van der Waals surface area contributed by atoms with E-state index in [0.717, 1.165) is 41.3 Å². The zero-order valence-corrected chi connectivity index (χ0v) is 15.2. The molecular weight excluding hydrogens is 322 g/mol. The van der Waals surface area contributed by atoms with Gasteiger partial charge < -0.3 is 9.80 Å². The molecule has 1 unspecified atom stereocenters. The summed E-state index contributed by atoms with van der Waals surface area (Å²) in [6.07, 6.45) is 0.836. The Morgan fingerprint density at radius 2 is 1.88 bits per heavy atom. The van der Waals surface area contributed by atoms with Crippen LogP contribution in [0.2, 0.25) is 0 Å². The van der Waals surface area contributed by atoms with Crippen molar-refractivity contribution in [2.45, 2.75) is 26.3 Å². The number of hydrogen-bond donors (Lipinski definition) is 1. The lowest BCUT2D eigenvalue weighted by molar-refractivity contribution is -0.132. The highest BCUT2D eigenvalue weighted by Crippen LogP contribution is 2.17. The van der Waals surface area contributed by atoms with Crippen LogP contribution in [-0.2, 0) is 4.79 Å². The monoisotopic (exact) mass is 347 g/mol. The van der Waals surface area contributed by atoms with E-state index in [1.807, 2.05) is 41.8 Å². The maximum absolute atomic E-state index is 12.9. The van der Waals surface area contributed by atoms with Gasteiger partial charge in [-0.3, -0.25) is 14.9 Å². The molecule has 6 heteroatoms. The number of thioether (sulfide) groups is 1. The van der Waals surface area contributed by atoms with Gasteiger partial charge in [0.2, 0.25) is 5.91 Å². The average molecular weight is 347 g/mol. The van der Waals surface area contributed by atoms with Gasteiger partial charge in [0, 0.05) is 43.4 Å². The highest BCUT2D eigenvalue weighted by Gasteiger charge is 2.29. The summed E-state index contributed by atoms with van der Waals surface area (Å²) >= 11 is 1.76. The highest BCUT2D eigenvalue weighted by atomic mass is 32.2. The van der Waals surface area contributed by atoms with Crippen molar-refractivity contribution in [1.29, 1.82) is 0 Å². The average Bonchev–Trinajstić information content (AvgIpc) is 3.00. The highest BCUT2D eigenvalue weighted by molar-refractivity contribution is 7.99. The Morgan fingerprint density at radius 1 is 1.12 bits per heavy atom. The number of aryl methyl sites for hydroxylation is 2. The van der Waals surface area contributed by atoms with E-state index in [2.05, 4.69) is 5.32 Å². The predicted molar refractivity (Wildman–Crippen MR) is 97.3 cm³/mol. The van der Waals surface area contributed by atoms with Gasteiger partial charge in [0.25, 0.3) is 5.91 Å². The van der Waals surface area contributed by atoms with Crippen LogP contribution in [0, 0.1) is 13.8 Å². The number of hydrogen-bond acceptors (Lipinski definition) is 4. The Labute approximate surface area is 147 Å². The van der Waals surface area contributed by atoms with Crippen molar-refractivity contribution in [3.05, 3.63) is 34.9 Å². The van der Waals surface area contributed by atoms with Gasteiger partial charge in [0.1, 0.15) is 0 Å². The Hall–Kier alpha value is -1.53. The number of amides is 2. The number of benzene rings is 1. The second-order valence-electron chi connectivity index (χ2n) is 6.56. The molecule has 0 saturated carbocycles. The lowest BCUT2D eigenvalue weighted by Gasteiger charge is -2.24. The molecule has 130 valence electrons. The minimum Gasteiger partial charge on any atom is -0.339 e. The molecule has 1 aromatic carbocycles. The summed E-state index contributed by atoms with van der Waals surface area (Å²) in [5.74, 6) is 1.96. The van der Waals surface area contributed by atoms with E-state index in [0.29, 0.717) is 19.6 Å². The number of nitrogens with zero attached hydrogens (tertiary/aromatic N) is 2. The van der Waals surface area contributed by atoms with E-state index in [1.54, 1.807) is 11.8 Å². The molecule has 0 spiro atoms. The van der Waals surface area contributed by atoms with Crippen LogP contribution in [0.4, 0.5) is 0 Å². The normalized spacial score (nSPS) is 21.7. The second kappa shape index (κ2) is 7.57. The van der Waals surface area contributed by atoms with E-state index in [4.69, 9.17) is 0 Å². The summed E-state index contributed by atoms with van der Waals surface area (Å²) in [5, 5.41) is 3.24. The van der Waals surface area contributed by atoms with Crippen molar-refractivity contribution < 1.29 is 9.59 Å². The molecule has 2 saturated heterocycles. The summed E-state index contributed by atoms with van der Waals surface area (Å²) in [4.78, 5) is 29.2. The Bertz CT molecular complexity index is 629. The first kappa shape index (κ1) is 17.3. The molecule has 0 radical (unpaired) electrons. The van der Waals surface area contributed by atoms with Crippen LogP contribution in [-0.4, -0.2) is 65.5 Å². The minimum absolute atomic E-state index is 0.0590. The molecule has 5 nitrogen and oxygen atoms in total. The number of carbonyl (C=O) groups is 2. The van der Waals surface area contributed by atoms with Gasteiger partial charge in [-0.1, -0.05) is 17.7 Å². The number of carbonyl (C=O) groups excluding carboxylic acids is 2. The molecule has 1 aromatic rings. The fourth-order valence-electron chi connectivity index (χ4n) is 3.25. The number of nitrogens with one attached hydrogen (secondary N) is 1. The molecule has 2 aliphatic heterocycles. The third kappa shape index (κ3) is 3.75. The van der Waals surface area contributed by atoms with Gasteiger partial charge in [-0.05, 0) is 31.9 Å². The fourth-order valence-corrected chi connectivity index (χ4v) is 4.18. The van der Waals surface area contributed by atoms with Crippen molar-refractivity contribution in [3.63, 3.8) is 0 Å². The third-order valence-corrected chi connectivity index (χ3v) is 5.67. The van der Waals surface area contributed by atoms with E-state index in [-0.39, 0.29) is 17.9 Å². The van der Waals surface area contributed by atoms with Crippen LogP contribution in [0.3, 0.4) is 0 Å². The Kier molecular flexibility index (Phi) is 5.46. The summed E-state index contributed by atoms with van der Waals surface area (Å²) in [5.41, 5.74) is 2.89. The maximum atomic E-state index is 12.9. The molecule has 0 bridgehead atoms. The van der Waals surface area contributed by atoms with Crippen molar-refractivity contribution in [1.82, 2.24) is 15.1 Å². The van der Waals surface area contributed by atoms with E-state index < -0.39 is 0 Å². The van der Waals surface area contributed by atoms with Crippen LogP contribution in [0.5, 0.6) is 0 Å². The molecule has 24 heavy (non-hydrogen) atoms. The zero-order valence-electron chi connectivity index (χ0n) is 14.4. The summed E-state index contributed by atoms with van der Waals surface area (Å²) in [6, 6.07) is 5.93. The molecule has 3 rings (SSSR count). The summed E-state index contributed by atoms with van der Waals surface area (Å²) in [6.45, 7) is 6.66. The maximum Gasteiger partial charge on any atom is 0.254 e. The van der Waals surface area contributed by atoms with Crippen molar-refractivity contribution >= 4 is 23.6 Å². The molecule has 2 fully saturated rings. The van der Waals surface area contributed by atoms with Crippen LogP contribution in [0.1, 0.15) is 27.9 Å². The zero-order chi connectivity index (χ0) is 17.1. The van der Waals surface area contributed by atoms with Crippen molar-refractivity contribution in [3.8, 4) is 0 Å². The number of rotatable bonds is 2. The van der Waals surface area contributed by atoms with E-state index in [9.17, 15) is 9.59 Å². The molecule has 1 N–H and O–H groups in total. The first-order chi connectivity index (χ1) is 11.6. The first-order valence-electron chi connectivity index (χ1n) is 8.52. The van der Waals surface area contributed by atoms with Gasteiger partial charge in [0.15, 0.2) is 0 Å². The Balaban J connectivity index is 1.65. The van der Waals surface area contributed by atoms with E-state index in [1.165, 1.54) is 0 Å². The minimum atomic E-state index is -0.0590. The lowest BCUT2D eigenvalue weighted by Crippen LogP contribution is -2.46. The Morgan fingerprint density at radius 3 is 2.62 bits per heavy atom. The van der Waals surface area contributed by atoms with Crippen molar-refractivity contribution in [2.24, 2.45) is 0 Å². The van der Waals surface area contributed by atoms with Crippen molar-refractivity contribution in [2.75, 3.05) is 37.8 Å².